The highest BCUT2D eigenvalue weighted by Gasteiger charge is 2.43. The molecule has 0 amide bonds. The van der Waals surface area contributed by atoms with E-state index in [0.717, 1.165) is 11.1 Å². The molecule has 3 N–H and O–H groups in total. The fourth-order valence-electron chi connectivity index (χ4n) is 3.57. The lowest BCUT2D eigenvalue weighted by molar-refractivity contribution is 0.311. The Hall–Kier alpha value is -2.54. The van der Waals surface area contributed by atoms with Crippen molar-refractivity contribution < 1.29 is 19.1 Å². The predicted molar refractivity (Wildman–Crippen MR) is 111 cm³/mol. The van der Waals surface area contributed by atoms with E-state index < -0.39 is 12.8 Å². The Labute approximate surface area is 168 Å². The van der Waals surface area contributed by atoms with Crippen LogP contribution in [0, 0.1) is 0 Å². The number of pyridine rings is 1. The first-order valence-corrected chi connectivity index (χ1v) is 10.9. The highest BCUT2D eigenvalue weighted by atomic mass is 31.2. The van der Waals surface area contributed by atoms with Crippen molar-refractivity contribution in [1.29, 1.82) is 0 Å². The van der Waals surface area contributed by atoms with E-state index in [0.29, 0.717) is 35.7 Å². The smallest absolute Gasteiger partial charge is 0.331 e. The SMILES string of the molecule is CCC(CC)(Cc1ccc(-c2cc3cn[nH]c(=O)c3c(OC)n2)cc1)P(=O)(O)O. The van der Waals surface area contributed by atoms with Gasteiger partial charge in [0, 0.05) is 10.9 Å². The van der Waals surface area contributed by atoms with Gasteiger partial charge in [-0.3, -0.25) is 9.36 Å². The first-order valence-electron chi connectivity index (χ1n) is 9.32. The average molecular weight is 417 g/mol. The van der Waals surface area contributed by atoms with Crippen molar-refractivity contribution in [2.75, 3.05) is 7.11 Å². The number of aromatic amines is 1. The van der Waals surface area contributed by atoms with E-state index in [1.807, 2.05) is 24.3 Å². The zero-order valence-electron chi connectivity index (χ0n) is 16.5. The van der Waals surface area contributed by atoms with Gasteiger partial charge in [0.1, 0.15) is 5.39 Å². The van der Waals surface area contributed by atoms with Gasteiger partial charge in [0.25, 0.3) is 5.56 Å². The van der Waals surface area contributed by atoms with Gasteiger partial charge in [0.05, 0.1) is 24.2 Å². The van der Waals surface area contributed by atoms with Crippen LogP contribution in [0.1, 0.15) is 32.3 Å². The lowest BCUT2D eigenvalue weighted by Crippen LogP contribution is -2.30. The van der Waals surface area contributed by atoms with Crippen LogP contribution in [-0.2, 0) is 11.0 Å². The Balaban J connectivity index is 1.99. The van der Waals surface area contributed by atoms with Crippen LogP contribution in [0.2, 0.25) is 0 Å². The van der Waals surface area contributed by atoms with Gasteiger partial charge in [-0.2, -0.15) is 5.10 Å². The topological polar surface area (TPSA) is 125 Å². The quantitative estimate of drug-likeness (QED) is 0.504. The third-order valence-electron chi connectivity index (χ3n) is 5.52. The minimum atomic E-state index is -4.25. The molecule has 0 aliphatic carbocycles. The van der Waals surface area contributed by atoms with Crippen molar-refractivity contribution in [3.05, 3.63) is 52.4 Å². The fraction of sp³-hybridized carbons (Fsp3) is 0.350. The summed E-state index contributed by atoms with van der Waals surface area (Å²) in [7, 11) is -2.80. The Morgan fingerprint density at radius 2 is 1.83 bits per heavy atom. The molecular formula is C20H24N3O5P. The summed E-state index contributed by atoms with van der Waals surface area (Å²) in [4.78, 5) is 36.2. The zero-order valence-corrected chi connectivity index (χ0v) is 17.4. The van der Waals surface area contributed by atoms with Crippen molar-refractivity contribution in [2.45, 2.75) is 38.3 Å². The molecule has 0 saturated carbocycles. The molecule has 2 heterocycles. The Morgan fingerprint density at radius 1 is 1.17 bits per heavy atom. The van der Waals surface area contributed by atoms with Gasteiger partial charge in [-0.15, -0.1) is 0 Å². The monoisotopic (exact) mass is 417 g/mol. The summed E-state index contributed by atoms with van der Waals surface area (Å²) in [6.45, 7) is 3.61. The average Bonchev–Trinajstić information content (AvgIpc) is 2.71. The summed E-state index contributed by atoms with van der Waals surface area (Å²) in [5.41, 5.74) is 1.87. The van der Waals surface area contributed by atoms with Gasteiger partial charge < -0.3 is 14.5 Å². The molecule has 3 aromatic rings. The number of fused-ring (bicyclic) bond motifs is 1. The first-order chi connectivity index (χ1) is 13.7. The van der Waals surface area contributed by atoms with E-state index in [9.17, 15) is 19.1 Å². The highest BCUT2D eigenvalue weighted by Crippen LogP contribution is 2.56. The van der Waals surface area contributed by atoms with Crippen LogP contribution in [0.15, 0.2) is 41.3 Å². The second-order valence-electron chi connectivity index (χ2n) is 7.03. The van der Waals surface area contributed by atoms with Crippen molar-refractivity contribution in [3.8, 4) is 17.1 Å². The maximum absolute atomic E-state index is 12.1. The van der Waals surface area contributed by atoms with Crippen molar-refractivity contribution in [3.63, 3.8) is 0 Å². The number of methoxy groups -OCH3 is 1. The Bertz CT molecular complexity index is 1120. The number of H-pyrrole nitrogens is 1. The number of ether oxygens (including phenoxy) is 1. The molecule has 154 valence electrons. The normalized spacial score (nSPS) is 12.3. The molecular weight excluding hydrogens is 393 g/mol. The van der Waals surface area contributed by atoms with Crippen LogP contribution in [0.4, 0.5) is 0 Å². The Kier molecular flexibility index (Phi) is 5.89. The summed E-state index contributed by atoms with van der Waals surface area (Å²) in [5.74, 6) is 0.211. The van der Waals surface area contributed by atoms with Gasteiger partial charge in [-0.25, -0.2) is 10.1 Å². The van der Waals surface area contributed by atoms with Gasteiger partial charge in [0.15, 0.2) is 0 Å². The molecule has 0 aliphatic rings. The molecule has 8 nitrogen and oxygen atoms in total. The molecule has 3 rings (SSSR count). The van der Waals surface area contributed by atoms with E-state index in [2.05, 4.69) is 15.2 Å². The second kappa shape index (κ2) is 8.06. The number of nitrogens with zero attached hydrogens (tertiary/aromatic N) is 2. The fourth-order valence-corrected chi connectivity index (χ4v) is 4.78. The van der Waals surface area contributed by atoms with Gasteiger partial charge in [-0.05, 0) is 30.9 Å². The van der Waals surface area contributed by atoms with Crippen LogP contribution < -0.4 is 10.3 Å². The second-order valence-corrected chi connectivity index (χ2v) is 9.07. The number of hydrogen-bond acceptors (Lipinski definition) is 5. The largest absolute Gasteiger partial charge is 0.480 e. The third kappa shape index (κ3) is 3.96. The summed E-state index contributed by atoms with van der Waals surface area (Å²) >= 11 is 0. The maximum atomic E-state index is 12.1. The molecule has 0 aliphatic heterocycles. The molecule has 0 fully saturated rings. The van der Waals surface area contributed by atoms with Crippen molar-refractivity contribution in [1.82, 2.24) is 15.2 Å². The van der Waals surface area contributed by atoms with Gasteiger partial charge in [-0.1, -0.05) is 38.1 Å². The first kappa shape index (κ1) is 21.2. The van der Waals surface area contributed by atoms with Crippen LogP contribution in [-0.4, -0.2) is 37.2 Å². The maximum Gasteiger partial charge on any atom is 0.331 e. The molecule has 0 radical (unpaired) electrons. The standard InChI is InChI=1S/C20H24N3O5P/c1-4-20(5-2,29(25,26)27)11-13-6-8-14(9-7-13)16-10-15-12-21-23-18(24)17(15)19(22-16)28-3/h6-10,12H,4-5,11H2,1-3H3,(H,23,24)(H2,25,26,27). The van der Waals surface area contributed by atoms with Crippen molar-refractivity contribution >= 4 is 18.4 Å². The minimum Gasteiger partial charge on any atom is -0.480 e. The third-order valence-corrected chi connectivity index (χ3v) is 7.55. The predicted octanol–water partition coefficient (Wildman–Crippen LogP) is 3.27. The van der Waals surface area contributed by atoms with E-state index in [1.165, 1.54) is 13.3 Å². The number of hydrogen-bond donors (Lipinski definition) is 3. The number of benzene rings is 1. The van der Waals surface area contributed by atoms with Crippen LogP contribution >= 0.6 is 7.60 Å². The Morgan fingerprint density at radius 3 is 2.38 bits per heavy atom. The molecule has 1 aromatic carbocycles. The molecule has 2 aromatic heterocycles. The molecule has 0 bridgehead atoms. The molecule has 0 spiro atoms. The molecule has 0 unspecified atom stereocenters. The van der Waals surface area contributed by atoms with Gasteiger partial charge >= 0.3 is 7.60 Å². The van der Waals surface area contributed by atoms with Crippen LogP contribution in [0.5, 0.6) is 5.88 Å². The van der Waals surface area contributed by atoms with E-state index in [4.69, 9.17) is 4.74 Å². The highest BCUT2D eigenvalue weighted by molar-refractivity contribution is 7.53. The van der Waals surface area contributed by atoms with Crippen molar-refractivity contribution in [2.24, 2.45) is 0 Å². The summed E-state index contributed by atoms with van der Waals surface area (Å²) < 4.78 is 17.3. The van der Waals surface area contributed by atoms with E-state index in [1.54, 1.807) is 19.9 Å². The lowest BCUT2D eigenvalue weighted by Gasteiger charge is -2.32. The minimum absolute atomic E-state index is 0.211. The summed E-state index contributed by atoms with van der Waals surface area (Å²) in [6.07, 6.45) is 2.61. The summed E-state index contributed by atoms with van der Waals surface area (Å²) in [6, 6.07) is 9.14. The van der Waals surface area contributed by atoms with Crippen LogP contribution in [0.3, 0.4) is 0 Å². The molecule has 29 heavy (non-hydrogen) atoms. The number of aromatic nitrogens is 3. The summed E-state index contributed by atoms with van der Waals surface area (Å²) in [5, 5.41) is 6.07. The van der Waals surface area contributed by atoms with Gasteiger partial charge in [0.2, 0.25) is 5.88 Å². The molecule has 9 heteroatoms. The zero-order chi connectivity index (χ0) is 21.2. The molecule has 0 saturated heterocycles. The molecule has 0 atom stereocenters. The number of rotatable bonds is 7. The van der Waals surface area contributed by atoms with Crippen LogP contribution in [0.25, 0.3) is 22.0 Å². The van der Waals surface area contributed by atoms with E-state index >= 15 is 0 Å². The van der Waals surface area contributed by atoms with E-state index in [-0.39, 0.29) is 11.4 Å². The lowest BCUT2D eigenvalue weighted by atomic mass is 9.92. The number of nitrogens with one attached hydrogen (secondary N) is 1.